The minimum atomic E-state index is -2.85. The molecule has 1 N–H and O–H groups in total. The summed E-state index contributed by atoms with van der Waals surface area (Å²) in [6, 6.07) is 5.72. The molecule has 1 fully saturated rings. The number of carbonyl (C=O) groups is 1. The van der Waals surface area contributed by atoms with E-state index in [0.717, 1.165) is 12.8 Å². The van der Waals surface area contributed by atoms with Gasteiger partial charge in [0.05, 0.1) is 0 Å². The van der Waals surface area contributed by atoms with Gasteiger partial charge in [-0.25, -0.2) is 0 Å². The highest BCUT2D eigenvalue weighted by Gasteiger charge is 2.20. The van der Waals surface area contributed by atoms with Gasteiger partial charge >= 0.3 is 6.61 Å². The van der Waals surface area contributed by atoms with E-state index >= 15 is 0 Å². The van der Waals surface area contributed by atoms with Crippen LogP contribution in [0.25, 0.3) is 0 Å². The van der Waals surface area contributed by atoms with Gasteiger partial charge in [-0.05, 0) is 49.4 Å². The second-order valence-electron chi connectivity index (χ2n) is 5.24. The van der Waals surface area contributed by atoms with Crippen LogP contribution in [-0.2, 0) is 0 Å². The van der Waals surface area contributed by atoms with Crippen molar-refractivity contribution in [3.8, 4) is 5.75 Å². The molecule has 2 rings (SSSR count). The Balaban J connectivity index is 1.82. The summed E-state index contributed by atoms with van der Waals surface area (Å²) in [5, 5.41) is 2.90. The molecule has 0 aromatic heterocycles. The molecule has 0 radical (unpaired) electrons. The number of halogens is 3. The number of carbonyl (C=O) groups excluding carboxylic acids is 1. The zero-order chi connectivity index (χ0) is 15.2. The summed E-state index contributed by atoms with van der Waals surface area (Å²) >= 11 is 3.62. The summed E-state index contributed by atoms with van der Waals surface area (Å²) in [7, 11) is 0. The number of nitrogens with one attached hydrogen (secondary N) is 1. The Morgan fingerprint density at radius 1 is 1.33 bits per heavy atom. The molecule has 1 aliphatic rings. The van der Waals surface area contributed by atoms with Gasteiger partial charge in [0.15, 0.2) is 0 Å². The van der Waals surface area contributed by atoms with Crippen molar-refractivity contribution in [1.29, 1.82) is 0 Å². The minimum Gasteiger partial charge on any atom is -0.435 e. The average molecular weight is 362 g/mol. The van der Waals surface area contributed by atoms with Crippen molar-refractivity contribution in [3.05, 3.63) is 29.8 Å². The highest BCUT2D eigenvalue weighted by molar-refractivity contribution is 9.09. The van der Waals surface area contributed by atoms with Gasteiger partial charge in [-0.15, -0.1) is 0 Å². The molecule has 0 saturated heterocycles. The van der Waals surface area contributed by atoms with Gasteiger partial charge in [0.1, 0.15) is 5.75 Å². The molecular formula is C15H18BrF2NO2. The highest BCUT2D eigenvalue weighted by atomic mass is 79.9. The molecule has 0 heterocycles. The number of hydrogen-bond acceptors (Lipinski definition) is 2. The zero-order valence-corrected chi connectivity index (χ0v) is 13.1. The van der Waals surface area contributed by atoms with Crippen LogP contribution in [0.15, 0.2) is 24.3 Å². The van der Waals surface area contributed by atoms with Crippen molar-refractivity contribution < 1.29 is 18.3 Å². The molecule has 0 aliphatic heterocycles. The normalized spacial score (nSPS) is 22.1. The molecule has 3 nitrogen and oxygen atoms in total. The van der Waals surface area contributed by atoms with Crippen molar-refractivity contribution >= 4 is 21.8 Å². The van der Waals surface area contributed by atoms with Gasteiger partial charge in [0.2, 0.25) is 0 Å². The second kappa shape index (κ2) is 7.73. The summed E-state index contributed by atoms with van der Waals surface area (Å²) in [6.07, 6.45) is 4.57. The van der Waals surface area contributed by atoms with E-state index in [1.54, 1.807) is 0 Å². The number of rotatable bonds is 5. The largest absolute Gasteiger partial charge is 0.435 e. The van der Waals surface area contributed by atoms with Gasteiger partial charge in [-0.1, -0.05) is 22.4 Å². The monoisotopic (exact) mass is 361 g/mol. The molecular weight excluding hydrogens is 344 g/mol. The highest BCUT2D eigenvalue weighted by Crippen LogP contribution is 2.28. The van der Waals surface area contributed by atoms with Crippen LogP contribution in [-0.4, -0.2) is 23.9 Å². The summed E-state index contributed by atoms with van der Waals surface area (Å²) in [5.74, 6) is 0.361. The van der Waals surface area contributed by atoms with E-state index in [1.807, 2.05) is 0 Å². The van der Waals surface area contributed by atoms with Crippen LogP contribution in [0.1, 0.15) is 36.0 Å². The first kappa shape index (κ1) is 16.2. The Labute approximate surface area is 131 Å². The standard InChI is InChI=1S/C15H18BrF2NO2/c16-12-3-1-2-10(8-12)9-19-14(20)11-4-6-13(7-5-11)21-15(17)18/h4-7,10,12,15H,1-3,8-9H2,(H,19,20). The SMILES string of the molecule is O=C(NCC1CCCC(Br)C1)c1ccc(OC(F)F)cc1. The Bertz CT molecular complexity index is 467. The summed E-state index contributed by atoms with van der Waals surface area (Å²) < 4.78 is 28.3. The van der Waals surface area contributed by atoms with Crippen LogP contribution in [0.3, 0.4) is 0 Å². The van der Waals surface area contributed by atoms with Crippen LogP contribution < -0.4 is 10.1 Å². The third kappa shape index (κ3) is 5.26. The Kier molecular flexibility index (Phi) is 5.96. The number of alkyl halides is 3. The number of amides is 1. The second-order valence-corrected chi connectivity index (χ2v) is 6.54. The van der Waals surface area contributed by atoms with Crippen LogP contribution in [0.2, 0.25) is 0 Å². The quantitative estimate of drug-likeness (QED) is 0.805. The average Bonchev–Trinajstić information content (AvgIpc) is 2.45. The van der Waals surface area contributed by atoms with E-state index in [0.29, 0.717) is 22.9 Å². The maximum atomic E-state index is 12.0. The molecule has 1 amide bonds. The number of hydrogen-bond donors (Lipinski definition) is 1. The van der Waals surface area contributed by atoms with Gasteiger partial charge in [-0.2, -0.15) is 8.78 Å². The van der Waals surface area contributed by atoms with Gasteiger partial charge in [0, 0.05) is 16.9 Å². The maximum Gasteiger partial charge on any atom is 0.387 e. The van der Waals surface area contributed by atoms with E-state index in [1.165, 1.54) is 37.1 Å². The predicted octanol–water partition coefficient (Wildman–Crippen LogP) is 3.97. The van der Waals surface area contributed by atoms with Crippen molar-refractivity contribution in [2.45, 2.75) is 37.1 Å². The summed E-state index contributed by atoms with van der Waals surface area (Å²) in [4.78, 5) is 12.5. The zero-order valence-electron chi connectivity index (χ0n) is 11.5. The lowest BCUT2D eigenvalue weighted by molar-refractivity contribution is -0.0498. The molecule has 0 bridgehead atoms. The van der Waals surface area contributed by atoms with E-state index in [9.17, 15) is 13.6 Å². The predicted molar refractivity (Wildman–Crippen MR) is 80.1 cm³/mol. The Morgan fingerprint density at radius 2 is 2.05 bits per heavy atom. The first-order valence-corrected chi connectivity index (χ1v) is 7.93. The Morgan fingerprint density at radius 3 is 2.67 bits per heavy atom. The fraction of sp³-hybridized carbons (Fsp3) is 0.533. The van der Waals surface area contributed by atoms with Gasteiger partial charge < -0.3 is 10.1 Å². The maximum absolute atomic E-state index is 12.0. The third-order valence-electron chi connectivity index (χ3n) is 3.61. The fourth-order valence-electron chi connectivity index (χ4n) is 2.54. The Hall–Kier alpha value is -1.17. The molecule has 1 saturated carbocycles. The van der Waals surface area contributed by atoms with E-state index in [4.69, 9.17) is 0 Å². The van der Waals surface area contributed by atoms with Crippen LogP contribution in [0.4, 0.5) is 8.78 Å². The molecule has 2 unspecified atom stereocenters. The lowest BCUT2D eigenvalue weighted by Crippen LogP contribution is -2.31. The number of benzene rings is 1. The van der Waals surface area contributed by atoms with Gasteiger partial charge in [-0.3, -0.25) is 4.79 Å². The van der Waals surface area contributed by atoms with Gasteiger partial charge in [0.25, 0.3) is 5.91 Å². The van der Waals surface area contributed by atoms with Crippen molar-refractivity contribution in [1.82, 2.24) is 5.32 Å². The van der Waals surface area contributed by atoms with Crippen LogP contribution in [0.5, 0.6) is 5.75 Å². The lowest BCUT2D eigenvalue weighted by atomic mass is 9.89. The van der Waals surface area contributed by atoms with Crippen LogP contribution in [0, 0.1) is 5.92 Å². The third-order valence-corrected chi connectivity index (χ3v) is 4.44. The molecule has 116 valence electrons. The topological polar surface area (TPSA) is 38.3 Å². The summed E-state index contributed by atoms with van der Waals surface area (Å²) in [5.41, 5.74) is 0.447. The number of ether oxygens (including phenoxy) is 1. The fourth-order valence-corrected chi connectivity index (χ4v) is 3.39. The first-order chi connectivity index (χ1) is 10.0. The minimum absolute atomic E-state index is 0.0518. The van der Waals surface area contributed by atoms with E-state index in [2.05, 4.69) is 26.0 Å². The molecule has 6 heteroatoms. The summed E-state index contributed by atoms with van der Waals surface area (Å²) in [6.45, 7) is -2.20. The van der Waals surface area contributed by atoms with Crippen molar-refractivity contribution in [2.24, 2.45) is 5.92 Å². The molecule has 21 heavy (non-hydrogen) atoms. The molecule has 1 aliphatic carbocycles. The molecule has 0 spiro atoms. The smallest absolute Gasteiger partial charge is 0.387 e. The van der Waals surface area contributed by atoms with Crippen molar-refractivity contribution in [2.75, 3.05) is 6.54 Å². The molecule has 1 aromatic carbocycles. The van der Waals surface area contributed by atoms with E-state index in [-0.39, 0.29) is 11.7 Å². The van der Waals surface area contributed by atoms with Crippen LogP contribution >= 0.6 is 15.9 Å². The molecule has 2 atom stereocenters. The lowest BCUT2D eigenvalue weighted by Gasteiger charge is -2.25. The molecule has 1 aromatic rings. The first-order valence-electron chi connectivity index (χ1n) is 7.01. The van der Waals surface area contributed by atoms with Crippen molar-refractivity contribution in [3.63, 3.8) is 0 Å². The van der Waals surface area contributed by atoms with E-state index < -0.39 is 6.61 Å².